The van der Waals surface area contributed by atoms with Crippen molar-refractivity contribution in [3.8, 4) is 0 Å². The zero-order chi connectivity index (χ0) is 23.6. The molecule has 1 saturated carbocycles. The molecule has 0 spiro atoms. The maximum absolute atomic E-state index is 13.0. The van der Waals surface area contributed by atoms with Gasteiger partial charge in [0, 0.05) is 50.1 Å². The molecule has 2 saturated heterocycles. The summed E-state index contributed by atoms with van der Waals surface area (Å²) in [6.45, 7) is 16.3. The van der Waals surface area contributed by atoms with Crippen LogP contribution >= 0.6 is 0 Å². The van der Waals surface area contributed by atoms with Crippen molar-refractivity contribution in [1.29, 1.82) is 0 Å². The predicted octanol–water partition coefficient (Wildman–Crippen LogP) is 3.14. The summed E-state index contributed by atoms with van der Waals surface area (Å²) in [4.78, 5) is 20.7. The summed E-state index contributed by atoms with van der Waals surface area (Å²) >= 11 is 0. The van der Waals surface area contributed by atoms with Crippen LogP contribution in [0.2, 0.25) is 0 Å². The van der Waals surface area contributed by atoms with Gasteiger partial charge in [-0.25, -0.2) is 13.1 Å². The third kappa shape index (κ3) is 4.25. The second-order valence-electron chi connectivity index (χ2n) is 12.1. The fourth-order valence-corrected chi connectivity index (χ4v) is 7.40. The lowest BCUT2D eigenvalue weighted by molar-refractivity contribution is -0.131. The molecule has 3 heterocycles. The Morgan fingerprint density at radius 2 is 1.84 bits per heavy atom. The molecule has 0 aromatic rings. The van der Waals surface area contributed by atoms with Gasteiger partial charge in [0.2, 0.25) is 15.9 Å². The number of nitrogens with zero attached hydrogens (tertiary/aromatic N) is 3. The van der Waals surface area contributed by atoms with E-state index in [0.29, 0.717) is 18.9 Å². The fourth-order valence-electron chi connectivity index (χ4n) is 5.83. The van der Waals surface area contributed by atoms with Crippen LogP contribution in [-0.4, -0.2) is 66.9 Å². The van der Waals surface area contributed by atoms with Crippen molar-refractivity contribution in [2.24, 2.45) is 21.7 Å². The first-order valence-electron chi connectivity index (χ1n) is 12.0. The third-order valence-electron chi connectivity index (χ3n) is 7.70. The number of carbonyl (C=O) groups excluding carboxylic acids is 1. The summed E-state index contributed by atoms with van der Waals surface area (Å²) in [6.07, 6.45) is 4.11. The molecule has 4 aliphatic rings. The molecule has 0 bridgehead atoms. The van der Waals surface area contributed by atoms with Gasteiger partial charge in [-0.1, -0.05) is 41.5 Å². The van der Waals surface area contributed by atoms with E-state index in [-0.39, 0.29) is 41.9 Å². The average Bonchev–Trinajstić information content (AvgIpc) is 2.92. The maximum Gasteiger partial charge on any atom is 0.219 e. The van der Waals surface area contributed by atoms with Crippen molar-refractivity contribution < 1.29 is 13.2 Å². The predicted molar refractivity (Wildman–Crippen MR) is 128 cm³/mol. The average molecular weight is 465 g/mol. The number of hydrogen-bond donors (Lipinski definition) is 1. The van der Waals surface area contributed by atoms with E-state index < -0.39 is 15.3 Å². The van der Waals surface area contributed by atoms with Gasteiger partial charge in [-0.3, -0.25) is 9.79 Å². The van der Waals surface area contributed by atoms with Crippen LogP contribution in [0.3, 0.4) is 0 Å². The van der Waals surface area contributed by atoms with Crippen LogP contribution in [0.4, 0.5) is 0 Å². The van der Waals surface area contributed by atoms with Crippen molar-refractivity contribution in [3.63, 3.8) is 0 Å². The maximum atomic E-state index is 13.0. The fraction of sp³-hybridized carbons (Fsp3) is 0.833. The first kappa shape index (κ1) is 23.7. The summed E-state index contributed by atoms with van der Waals surface area (Å²) in [5.74, 6) is 1.65. The lowest BCUT2D eigenvalue weighted by atomic mass is 9.75. The Morgan fingerprint density at radius 3 is 2.44 bits per heavy atom. The summed E-state index contributed by atoms with van der Waals surface area (Å²) < 4.78 is 29.0. The minimum atomic E-state index is -3.48. The molecular weight excluding hydrogens is 424 g/mol. The Hall–Kier alpha value is -1.41. The van der Waals surface area contributed by atoms with E-state index in [0.717, 1.165) is 18.7 Å². The Balaban J connectivity index is 1.63. The lowest BCUT2D eigenvalue weighted by Crippen LogP contribution is -2.60. The van der Waals surface area contributed by atoms with Gasteiger partial charge in [-0.15, -0.1) is 0 Å². The molecule has 1 amide bonds. The second kappa shape index (κ2) is 7.83. The van der Waals surface area contributed by atoms with Crippen LogP contribution in [0.15, 0.2) is 16.3 Å². The number of rotatable bonds is 3. The van der Waals surface area contributed by atoms with E-state index in [1.165, 1.54) is 24.6 Å². The number of hydrogen-bond acceptors (Lipinski definition) is 5. The molecule has 3 aliphatic heterocycles. The Bertz CT molecular complexity index is 954. The molecule has 0 radical (unpaired) electrons. The minimum absolute atomic E-state index is 0.0552. The third-order valence-corrected chi connectivity index (χ3v) is 9.53. The van der Waals surface area contributed by atoms with Crippen molar-refractivity contribution in [2.75, 3.05) is 19.6 Å². The number of nitrogens with one attached hydrogen (secondary N) is 1. The highest BCUT2D eigenvalue weighted by Gasteiger charge is 2.47. The summed E-state index contributed by atoms with van der Waals surface area (Å²) in [6, 6.07) is 0.0192. The van der Waals surface area contributed by atoms with E-state index in [2.05, 4.69) is 51.2 Å². The number of amidine groups is 1. The minimum Gasteiger partial charge on any atom is -0.340 e. The van der Waals surface area contributed by atoms with Crippen molar-refractivity contribution in [3.05, 3.63) is 11.3 Å². The summed E-state index contributed by atoms with van der Waals surface area (Å²) in [7, 11) is -3.48. The van der Waals surface area contributed by atoms with E-state index in [4.69, 9.17) is 4.99 Å². The van der Waals surface area contributed by atoms with Gasteiger partial charge in [0.05, 0.1) is 6.04 Å². The highest BCUT2D eigenvalue weighted by Crippen LogP contribution is 2.49. The van der Waals surface area contributed by atoms with Gasteiger partial charge in [0.15, 0.2) is 0 Å². The molecule has 180 valence electrons. The van der Waals surface area contributed by atoms with Crippen LogP contribution in [-0.2, 0) is 14.8 Å². The zero-order valence-corrected chi connectivity index (χ0v) is 21.6. The van der Waals surface area contributed by atoms with Crippen LogP contribution < -0.4 is 4.72 Å². The van der Waals surface area contributed by atoms with Gasteiger partial charge in [-0.2, -0.15) is 0 Å². The molecule has 32 heavy (non-hydrogen) atoms. The molecule has 1 N–H and O–H groups in total. The number of sulfonamides is 1. The topological polar surface area (TPSA) is 82.1 Å². The molecule has 4 rings (SSSR count). The Kier molecular flexibility index (Phi) is 5.81. The van der Waals surface area contributed by atoms with Gasteiger partial charge >= 0.3 is 0 Å². The lowest BCUT2D eigenvalue weighted by Gasteiger charge is -2.42. The van der Waals surface area contributed by atoms with Crippen molar-refractivity contribution in [1.82, 2.24) is 14.5 Å². The summed E-state index contributed by atoms with van der Waals surface area (Å²) in [5.41, 5.74) is 2.66. The highest BCUT2D eigenvalue weighted by molar-refractivity contribution is 7.90. The number of likely N-dealkylation sites (tertiary alicyclic amines) is 1. The number of carbonyl (C=O) groups is 1. The Labute approximate surface area is 193 Å². The SMILES string of the molecule is CC(=O)N1CC(S(=O)(=O)NC2CC3=C4[C@H](CC(C)CCC4(C)C)N=C(C(C)(C)C)N3C2)C1. The van der Waals surface area contributed by atoms with Crippen LogP contribution in [0.1, 0.15) is 74.1 Å². The van der Waals surface area contributed by atoms with E-state index in [9.17, 15) is 13.2 Å². The first-order valence-corrected chi connectivity index (χ1v) is 13.6. The highest BCUT2D eigenvalue weighted by atomic mass is 32.2. The van der Waals surface area contributed by atoms with Gasteiger partial charge in [0.1, 0.15) is 11.1 Å². The molecule has 0 aromatic carbocycles. The molecule has 1 aliphatic carbocycles. The zero-order valence-electron chi connectivity index (χ0n) is 20.7. The van der Waals surface area contributed by atoms with Crippen LogP contribution in [0.25, 0.3) is 0 Å². The van der Waals surface area contributed by atoms with E-state index in [1.807, 2.05) is 0 Å². The smallest absolute Gasteiger partial charge is 0.219 e. The van der Waals surface area contributed by atoms with Crippen LogP contribution in [0, 0.1) is 16.7 Å². The monoisotopic (exact) mass is 464 g/mol. The van der Waals surface area contributed by atoms with Crippen molar-refractivity contribution >= 4 is 21.8 Å². The molecule has 7 nitrogen and oxygen atoms in total. The molecule has 0 aromatic heterocycles. The van der Waals surface area contributed by atoms with Crippen LogP contribution in [0.5, 0.6) is 0 Å². The second-order valence-corrected chi connectivity index (χ2v) is 14.1. The van der Waals surface area contributed by atoms with Gasteiger partial charge in [-0.05, 0) is 36.2 Å². The first-order chi connectivity index (χ1) is 14.7. The van der Waals surface area contributed by atoms with Crippen molar-refractivity contribution in [2.45, 2.75) is 91.5 Å². The van der Waals surface area contributed by atoms with E-state index in [1.54, 1.807) is 4.90 Å². The standard InChI is InChI=1S/C24H40N4O3S/c1-15-8-9-24(6,7)21-19(10-15)25-22(23(3,4)5)28-12-17(11-20(21)28)26-32(30,31)18-13-27(14-18)16(2)29/h15,17-19,26H,8-14H2,1-7H3/t15?,17?,19-/m0/s1. The largest absolute Gasteiger partial charge is 0.340 e. The number of amides is 1. The van der Waals surface area contributed by atoms with Gasteiger partial charge < -0.3 is 9.80 Å². The van der Waals surface area contributed by atoms with Gasteiger partial charge in [0.25, 0.3) is 0 Å². The quantitative estimate of drug-likeness (QED) is 0.696. The normalized spacial score (nSPS) is 31.0. The number of fused-ring (bicyclic) bond motifs is 2. The molecule has 8 heteroatoms. The number of aliphatic imine (C=N–C) groups is 1. The summed E-state index contributed by atoms with van der Waals surface area (Å²) in [5, 5.41) is -0.514. The molecule has 2 unspecified atom stereocenters. The molecule has 3 atom stereocenters. The Morgan fingerprint density at radius 1 is 1.19 bits per heavy atom. The molecular formula is C24H40N4O3S. The molecule has 3 fully saturated rings. The van der Waals surface area contributed by atoms with E-state index >= 15 is 0 Å².